The summed E-state index contributed by atoms with van der Waals surface area (Å²) in [4.78, 5) is 9.18. The van der Waals surface area contributed by atoms with Crippen LogP contribution in [-0.2, 0) is 10.1 Å². The second kappa shape index (κ2) is 9.56. The summed E-state index contributed by atoms with van der Waals surface area (Å²) in [6.07, 6.45) is 2.98. The molecular formula is C20H26FN3O3S. The van der Waals surface area contributed by atoms with Crippen LogP contribution in [0.3, 0.4) is 0 Å². The Morgan fingerprint density at radius 1 is 1.04 bits per heavy atom. The van der Waals surface area contributed by atoms with Crippen LogP contribution in [0.2, 0.25) is 0 Å². The summed E-state index contributed by atoms with van der Waals surface area (Å²) in [5.41, 5.74) is 1.96. The molecule has 1 atom stereocenters. The molecule has 1 N–H and O–H groups in total. The van der Waals surface area contributed by atoms with Crippen molar-refractivity contribution in [3.05, 3.63) is 65.7 Å². The lowest BCUT2D eigenvalue weighted by atomic mass is 10.00. The molecule has 1 aliphatic rings. The Kier molecular flexibility index (Phi) is 7.12. The van der Waals surface area contributed by atoms with Crippen molar-refractivity contribution in [1.82, 2.24) is 14.8 Å². The molecule has 152 valence electrons. The molecule has 2 heterocycles. The van der Waals surface area contributed by atoms with Gasteiger partial charge >= 0.3 is 0 Å². The van der Waals surface area contributed by atoms with Gasteiger partial charge in [-0.3, -0.25) is 14.4 Å². The van der Waals surface area contributed by atoms with Crippen molar-refractivity contribution in [2.75, 3.05) is 38.5 Å². The van der Waals surface area contributed by atoms with Crippen LogP contribution in [0.4, 0.5) is 4.39 Å². The number of rotatable bonds is 8. The number of benzene rings is 1. The maximum Gasteiger partial charge on any atom is 0.264 e. The zero-order chi connectivity index (χ0) is 20.0. The summed E-state index contributed by atoms with van der Waals surface area (Å²) in [6, 6.07) is 12.4. The standard InChI is InChI=1S/C20H26FN3O3S/c21-18-8-6-17(7-9-18)20(19-5-1-2-10-22-19)24-14-12-23(13-15-24)11-3-4-16-28(25,26)27/h1-2,5-10,20H,3-4,11-16H2,(H,25,26,27). The molecule has 0 radical (unpaired) electrons. The third kappa shape index (κ3) is 6.07. The van der Waals surface area contributed by atoms with Gasteiger partial charge in [0.25, 0.3) is 10.1 Å². The lowest BCUT2D eigenvalue weighted by molar-refractivity contribution is 0.107. The highest BCUT2D eigenvalue weighted by atomic mass is 32.2. The summed E-state index contributed by atoms with van der Waals surface area (Å²) in [7, 11) is -3.87. The lowest BCUT2D eigenvalue weighted by Crippen LogP contribution is -2.48. The van der Waals surface area contributed by atoms with Crippen molar-refractivity contribution in [3.63, 3.8) is 0 Å². The van der Waals surface area contributed by atoms with Gasteiger partial charge in [-0.05, 0) is 49.2 Å². The predicted molar refractivity (Wildman–Crippen MR) is 106 cm³/mol. The van der Waals surface area contributed by atoms with Crippen LogP contribution in [-0.4, -0.2) is 66.2 Å². The first kappa shape index (κ1) is 20.9. The first-order valence-corrected chi connectivity index (χ1v) is 11.1. The summed E-state index contributed by atoms with van der Waals surface area (Å²) < 4.78 is 43.8. The van der Waals surface area contributed by atoms with Crippen LogP contribution < -0.4 is 0 Å². The maximum atomic E-state index is 13.4. The van der Waals surface area contributed by atoms with Crippen LogP contribution in [0.25, 0.3) is 0 Å². The minimum absolute atomic E-state index is 0.0246. The number of hydrogen-bond donors (Lipinski definition) is 1. The molecule has 0 saturated carbocycles. The van der Waals surface area contributed by atoms with E-state index in [1.807, 2.05) is 30.3 Å². The molecule has 0 bridgehead atoms. The van der Waals surface area contributed by atoms with E-state index < -0.39 is 10.1 Å². The normalized spacial score (nSPS) is 17.5. The Labute approximate surface area is 165 Å². The van der Waals surface area contributed by atoms with E-state index in [1.54, 1.807) is 6.20 Å². The van der Waals surface area contributed by atoms with Gasteiger partial charge in [0.2, 0.25) is 0 Å². The van der Waals surface area contributed by atoms with Gasteiger partial charge in [0.1, 0.15) is 5.82 Å². The molecule has 1 saturated heterocycles. The zero-order valence-electron chi connectivity index (χ0n) is 15.7. The van der Waals surface area contributed by atoms with Gasteiger partial charge in [0, 0.05) is 32.4 Å². The number of nitrogens with zero attached hydrogens (tertiary/aromatic N) is 3. The molecule has 0 spiro atoms. The first-order chi connectivity index (χ1) is 13.4. The van der Waals surface area contributed by atoms with Crippen LogP contribution in [0.15, 0.2) is 48.7 Å². The Hall–Kier alpha value is -1.87. The van der Waals surface area contributed by atoms with Gasteiger partial charge in [-0.25, -0.2) is 4.39 Å². The predicted octanol–water partition coefficient (Wildman–Crippen LogP) is 2.60. The average molecular weight is 408 g/mol. The number of piperazine rings is 1. The smallest absolute Gasteiger partial charge is 0.264 e. The van der Waals surface area contributed by atoms with Crippen molar-refractivity contribution in [2.24, 2.45) is 0 Å². The molecule has 6 nitrogen and oxygen atoms in total. The van der Waals surface area contributed by atoms with E-state index in [1.165, 1.54) is 12.1 Å². The van der Waals surface area contributed by atoms with E-state index >= 15 is 0 Å². The minimum Gasteiger partial charge on any atom is -0.301 e. The molecule has 3 rings (SSSR count). The van der Waals surface area contributed by atoms with Crippen molar-refractivity contribution in [3.8, 4) is 0 Å². The summed E-state index contributed by atoms with van der Waals surface area (Å²) in [6.45, 7) is 4.24. The Balaban J connectivity index is 1.61. The monoisotopic (exact) mass is 407 g/mol. The third-order valence-electron chi connectivity index (χ3n) is 5.05. The minimum atomic E-state index is -3.87. The molecule has 1 unspecified atom stereocenters. The molecule has 8 heteroatoms. The van der Waals surface area contributed by atoms with Crippen molar-refractivity contribution in [1.29, 1.82) is 0 Å². The summed E-state index contributed by atoms with van der Waals surface area (Å²) in [5.74, 6) is -0.433. The van der Waals surface area contributed by atoms with Crippen LogP contribution >= 0.6 is 0 Å². The Morgan fingerprint density at radius 2 is 1.75 bits per heavy atom. The molecule has 28 heavy (non-hydrogen) atoms. The molecule has 2 aromatic rings. The zero-order valence-corrected chi connectivity index (χ0v) is 16.6. The second-order valence-corrected chi connectivity index (χ2v) is 8.65. The number of halogens is 1. The van der Waals surface area contributed by atoms with Gasteiger partial charge in [0.15, 0.2) is 0 Å². The summed E-state index contributed by atoms with van der Waals surface area (Å²) >= 11 is 0. The molecule has 0 amide bonds. The number of unbranched alkanes of at least 4 members (excludes halogenated alkanes) is 1. The highest BCUT2D eigenvalue weighted by molar-refractivity contribution is 7.85. The fraction of sp³-hybridized carbons (Fsp3) is 0.450. The summed E-state index contributed by atoms with van der Waals surface area (Å²) in [5, 5.41) is 0. The third-order valence-corrected chi connectivity index (χ3v) is 5.86. The largest absolute Gasteiger partial charge is 0.301 e. The van der Waals surface area contributed by atoms with Crippen molar-refractivity contribution < 1.29 is 17.4 Å². The molecule has 0 aliphatic carbocycles. The first-order valence-electron chi connectivity index (χ1n) is 9.50. The van der Waals surface area contributed by atoms with Crippen molar-refractivity contribution >= 4 is 10.1 Å². The van der Waals surface area contributed by atoms with Gasteiger partial charge in [-0.15, -0.1) is 0 Å². The molecule has 1 aliphatic heterocycles. The highest BCUT2D eigenvalue weighted by Crippen LogP contribution is 2.28. The molecule has 1 fully saturated rings. The van der Waals surface area contributed by atoms with E-state index in [-0.39, 0.29) is 17.6 Å². The molecule has 1 aromatic heterocycles. The second-order valence-electron chi connectivity index (χ2n) is 7.08. The van der Waals surface area contributed by atoms with E-state index in [2.05, 4.69) is 14.8 Å². The number of hydrogen-bond acceptors (Lipinski definition) is 5. The SMILES string of the molecule is O=S(=O)(O)CCCCN1CCN(C(c2ccc(F)cc2)c2ccccn2)CC1. The Bertz CT molecular complexity index is 839. The molecule has 1 aromatic carbocycles. The number of aromatic nitrogens is 1. The fourth-order valence-corrected chi connectivity index (χ4v) is 4.19. The van der Waals surface area contributed by atoms with Gasteiger partial charge < -0.3 is 4.90 Å². The van der Waals surface area contributed by atoms with Crippen LogP contribution in [0, 0.1) is 5.82 Å². The van der Waals surface area contributed by atoms with Crippen LogP contribution in [0.1, 0.15) is 30.1 Å². The Morgan fingerprint density at radius 3 is 2.36 bits per heavy atom. The van der Waals surface area contributed by atoms with Crippen molar-refractivity contribution in [2.45, 2.75) is 18.9 Å². The van der Waals surface area contributed by atoms with Gasteiger partial charge in [-0.2, -0.15) is 8.42 Å². The van der Waals surface area contributed by atoms with Crippen LogP contribution in [0.5, 0.6) is 0 Å². The lowest BCUT2D eigenvalue weighted by Gasteiger charge is -2.39. The van der Waals surface area contributed by atoms with E-state index in [9.17, 15) is 12.8 Å². The average Bonchev–Trinajstić information content (AvgIpc) is 2.68. The van der Waals surface area contributed by atoms with E-state index in [4.69, 9.17) is 4.55 Å². The van der Waals surface area contributed by atoms with Gasteiger partial charge in [-0.1, -0.05) is 18.2 Å². The highest BCUT2D eigenvalue weighted by Gasteiger charge is 2.27. The topological polar surface area (TPSA) is 73.7 Å². The fourth-order valence-electron chi connectivity index (χ4n) is 3.62. The maximum absolute atomic E-state index is 13.4. The van der Waals surface area contributed by atoms with Gasteiger partial charge in [0.05, 0.1) is 17.5 Å². The number of pyridine rings is 1. The molecular weight excluding hydrogens is 381 g/mol. The van der Waals surface area contributed by atoms with E-state index in [0.29, 0.717) is 6.42 Å². The van der Waals surface area contributed by atoms with E-state index in [0.717, 1.165) is 50.4 Å². The quantitative estimate of drug-likeness (QED) is 0.536.